The SMILES string of the molecule is CC(OC(=O)CCN1C(=O)NC2(CCCCC2)C1=O)C(=O)Nc1ccc(Cl)cc1Cl. The number of hydrogen-bond acceptors (Lipinski definition) is 5. The summed E-state index contributed by atoms with van der Waals surface area (Å²) in [5, 5.41) is 6.02. The third kappa shape index (κ3) is 4.87. The first-order chi connectivity index (χ1) is 14.2. The Labute approximate surface area is 184 Å². The number of urea groups is 1. The zero-order chi connectivity index (χ0) is 21.9. The van der Waals surface area contributed by atoms with Crippen LogP contribution < -0.4 is 10.6 Å². The lowest BCUT2D eigenvalue weighted by Gasteiger charge is -2.30. The highest BCUT2D eigenvalue weighted by atomic mass is 35.5. The van der Waals surface area contributed by atoms with Gasteiger partial charge in [0, 0.05) is 11.6 Å². The first-order valence-corrected chi connectivity index (χ1v) is 10.6. The van der Waals surface area contributed by atoms with Crippen LogP contribution in [0.3, 0.4) is 0 Å². The molecule has 0 bridgehead atoms. The van der Waals surface area contributed by atoms with Gasteiger partial charge in [-0.1, -0.05) is 42.5 Å². The Kier molecular flexibility index (Phi) is 6.88. The van der Waals surface area contributed by atoms with Crippen molar-refractivity contribution >= 4 is 52.7 Å². The molecule has 2 N–H and O–H groups in total. The lowest BCUT2D eigenvalue weighted by Crippen LogP contribution is -2.48. The largest absolute Gasteiger partial charge is 0.452 e. The molecule has 2 fully saturated rings. The number of amides is 4. The highest BCUT2D eigenvalue weighted by molar-refractivity contribution is 6.36. The molecule has 1 unspecified atom stereocenters. The number of ether oxygens (including phenoxy) is 1. The molecule has 0 aromatic heterocycles. The lowest BCUT2D eigenvalue weighted by molar-refractivity contribution is -0.153. The van der Waals surface area contributed by atoms with Crippen LogP contribution in [0.1, 0.15) is 45.4 Å². The van der Waals surface area contributed by atoms with E-state index in [1.54, 1.807) is 6.07 Å². The molecule has 10 heteroatoms. The van der Waals surface area contributed by atoms with Gasteiger partial charge in [0.2, 0.25) is 0 Å². The first-order valence-electron chi connectivity index (χ1n) is 9.81. The minimum absolute atomic E-state index is 0.0946. The Hall–Kier alpha value is -2.32. The van der Waals surface area contributed by atoms with Crippen LogP contribution in [-0.4, -0.2) is 46.9 Å². The number of halogens is 2. The maximum Gasteiger partial charge on any atom is 0.325 e. The standard InChI is InChI=1S/C20H23Cl2N3O5/c1-12(17(27)23-15-6-5-13(21)11-14(15)22)30-16(26)7-10-25-18(28)20(24-19(25)29)8-3-2-4-9-20/h5-6,11-12H,2-4,7-10H2,1H3,(H,23,27)(H,24,29). The van der Waals surface area contributed by atoms with Gasteiger partial charge in [-0.3, -0.25) is 19.3 Å². The Morgan fingerprint density at radius 2 is 1.93 bits per heavy atom. The van der Waals surface area contributed by atoms with Gasteiger partial charge in [-0.15, -0.1) is 0 Å². The second-order valence-corrected chi connectivity index (χ2v) is 8.37. The molecule has 1 aromatic carbocycles. The van der Waals surface area contributed by atoms with Crippen LogP contribution in [0.5, 0.6) is 0 Å². The van der Waals surface area contributed by atoms with Crippen LogP contribution in [0.2, 0.25) is 10.0 Å². The Bertz CT molecular complexity index is 870. The average Bonchev–Trinajstić information content (AvgIpc) is 2.92. The van der Waals surface area contributed by atoms with E-state index in [4.69, 9.17) is 27.9 Å². The normalized spacial score (nSPS) is 18.8. The maximum atomic E-state index is 12.7. The smallest absolute Gasteiger partial charge is 0.325 e. The van der Waals surface area contributed by atoms with Crippen LogP contribution in [0.15, 0.2) is 18.2 Å². The summed E-state index contributed by atoms with van der Waals surface area (Å²) in [7, 11) is 0. The monoisotopic (exact) mass is 455 g/mol. The van der Waals surface area contributed by atoms with Crippen LogP contribution in [0.25, 0.3) is 0 Å². The van der Waals surface area contributed by atoms with Crippen LogP contribution >= 0.6 is 23.2 Å². The number of benzene rings is 1. The number of nitrogens with zero attached hydrogens (tertiary/aromatic N) is 1. The molecule has 3 rings (SSSR count). The van der Waals surface area contributed by atoms with E-state index >= 15 is 0 Å². The highest BCUT2D eigenvalue weighted by Crippen LogP contribution is 2.33. The van der Waals surface area contributed by atoms with E-state index in [0.29, 0.717) is 23.6 Å². The summed E-state index contributed by atoms with van der Waals surface area (Å²) >= 11 is 11.8. The van der Waals surface area contributed by atoms with Crippen molar-refractivity contribution < 1.29 is 23.9 Å². The molecule has 162 valence electrons. The van der Waals surface area contributed by atoms with Crippen molar-refractivity contribution in [2.24, 2.45) is 0 Å². The number of hydrogen-bond donors (Lipinski definition) is 2. The van der Waals surface area contributed by atoms with Gasteiger partial charge in [0.05, 0.1) is 17.1 Å². The second kappa shape index (κ2) is 9.22. The quantitative estimate of drug-likeness (QED) is 0.504. The zero-order valence-electron chi connectivity index (χ0n) is 16.5. The van der Waals surface area contributed by atoms with E-state index in [1.807, 2.05) is 0 Å². The summed E-state index contributed by atoms with van der Waals surface area (Å²) in [6, 6.07) is 4.09. The van der Waals surface area contributed by atoms with Gasteiger partial charge in [0.25, 0.3) is 11.8 Å². The number of anilines is 1. The Balaban J connectivity index is 1.49. The van der Waals surface area contributed by atoms with E-state index in [2.05, 4.69) is 10.6 Å². The van der Waals surface area contributed by atoms with Crippen LogP contribution in [-0.2, 0) is 19.1 Å². The molecule has 1 aliphatic carbocycles. The van der Waals surface area contributed by atoms with E-state index in [0.717, 1.165) is 24.2 Å². The molecule has 1 saturated heterocycles. The van der Waals surface area contributed by atoms with Gasteiger partial charge in [0.15, 0.2) is 6.10 Å². The van der Waals surface area contributed by atoms with Crippen LogP contribution in [0, 0.1) is 0 Å². The molecule has 2 aliphatic rings. The van der Waals surface area contributed by atoms with Gasteiger partial charge in [0.1, 0.15) is 5.54 Å². The minimum Gasteiger partial charge on any atom is -0.452 e. The molecule has 30 heavy (non-hydrogen) atoms. The summed E-state index contributed by atoms with van der Waals surface area (Å²) in [5.74, 6) is -1.54. The fourth-order valence-electron chi connectivity index (χ4n) is 3.71. The van der Waals surface area contributed by atoms with Crippen molar-refractivity contribution in [1.82, 2.24) is 10.2 Å². The molecule has 0 radical (unpaired) electrons. The summed E-state index contributed by atoms with van der Waals surface area (Å²) in [5.41, 5.74) is -0.490. The van der Waals surface area contributed by atoms with Crippen molar-refractivity contribution in [3.8, 4) is 0 Å². The first kappa shape index (κ1) is 22.4. The number of nitrogens with one attached hydrogen (secondary N) is 2. The number of carbonyl (C=O) groups excluding carboxylic acids is 4. The number of carbonyl (C=O) groups is 4. The van der Waals surface area contributed by atoms with Crippen LogP contribution in [0.4, 0.5) is 10.5 Å². The molecular formula is C20H23Cl2N3O5. The zero-order valence-corrected chi connectivity index (χ0v) is 18.0. The van der Waals surface area contributed by atoms with Gasteiger partial charge >= 0.3 is 12.0 Å². The molecule has 1 aliphatic heterocycles. The molecule has 1 heterocycles. The van der Waals surface area contributed by atoms with Gasteiger partial charge in [-0.05, 0) is 38.0 Å². The topological polar surface area (TPSA) is 105 Å². The van der Waals surface area contributed by atoms with Gasteiger partial charge in [-0.2, -0.15) is 0 Å². The summed E-state index contributed by atoms with van der Waals surface area (Å²) < 4.78 is 5.13. The average molecular weight is 456 g/mol. The molecule has 1 spiro atoms. The second-order valence-electron chi connectivity index (χ2n) is 7.53. The number of esters is 1. The van der Waals surface area contributed by atoms with Gasteiger partial charge in [-0.25, -0.2) is 4.79 Å². The van der Waals surface area contributed by atoms with Crippen molar-refractivity contribution in [3.63, 3.8) is 0 Å². The predicted octanol–water partition coefficient (Wildman–Crippen LogP) is 3.51. The molecule has 1 atom stereocenters. The fourth-order valence-corrected chi connectivity index (χ4v) is 4.17. The third-order valence-corrected chi connectivity index (χ3v) is 5.91. The lowest BCUT2D eigenvalue weighted by atomic mass is 9.82. The molecular weight excluding hydrogens is 433 g/mol. The van der Waals surface area contributed by atoms with Crippen molar-refractivity contribution in [1.29, 1.82) is 0 Å². The number of imide groups is 1. The molecule has 1 aromatic rings. The molecule has 4 amide bonds. The van der Waals surface area contributed by atoms with Gasteiger partial charge < -0.3 is 15.4 Å². The van der Waals surface area contributed by atoms with E-state index in [9.17, 15) is 19.2 Å². The summed E-state index contributed by atoms with van der Waals surface area (Å²) in [6.45, 7) is 1.32. The highest BCUT2D eigenvalue weighted by Gasteiger charge is 2.51. The third-order valence-electron chi connectivity index (χ3n) is 5.36. The maximum absolute atomic E-state index is 12.7. The molecule has 8 nitrogen and oxygen atoms in total. The Morgan fingerprint density at radius 3 is 2.60 bits per heavy atom. The van der Waals surface area contributed by atoms with Crippen molar-refractivity contribution in [2.75, 3.05) is 11.9 Å². The summed E-state index contributed by atoms with van der Waals surface area (Å²) in [4.78, 5) is 50.4. The van der Waals surface area contributed by atoms with E-state index < -0.39 is 29.6 Å². The Morgan fingerprint density at radius 1 is 1.23 bits per heavy atom. The minimum atomic E-state index is -1.09. The van der Waals surface area contributed by atoms with Crippen molar-refractivity contribution in [3.05, 3.63) is 28.2 Å². The fraction of sp³-hybridized carbons (Fsp3) is 0.500. The summed E-state index contributed by atoms with van der Waals surface area (Å²) in [6.07, 6.45) is 2.74. The molecule has 1 saturated carbocycles. The number of rotatable bonds is 6. The van der Waals surface area contributed by atoms with E-state index in [1.165, 1.54) is 19.1 Å². The van der Waals surface area contributed by atoms with E-state index in [-0.39, 0.29) is 23.9 Å². The predicted molar refractivity (Wildman–Crippen MR) is 111 cm³/mol. The van der Waals surface area contributed by atoms with Crippen molar-refractivity contribution in [2.45, 2.75) is 57.1 Å².